The Labute approximate surface area is 194 Å². The first-order chi connectivity index (χ1) is 15.7. The molecule has 0 spiro atoms. The number of carbonyl (C=O) groups excluding carboxylic acids is 1. The quantitative estimate of drug-likeness (QED) is 0.523. The van der Waals surface area contributed by atoms with E-state index in [-0.39, 0.29) is 5.91 Å². The van der Waals surface area contributed by atoms with Gasteiger partial charge in [0.1, 0.15) is 11.6 Å². The summed E-state index contributed by atoms with van der Waals surface area (Å²) in [5.74, 6) is 2.75. The largest absolute Gasteiger partial charge is 0.497 e. The number of hydrogen-bond donors (Lipinski definition) is 1. The van der Waals surface area contributed by atoms with Crippen molar-refractivity contribution >= 4 is 40.1 Å². The maximum atomic E-state index is 13.0. The summed E-state index contributed by atoms with van der Waals surface area (Å²) >= 11 is 1.79. The molecule has 2 aromatic carbocycles. The Balaban J connectivity index is 1.50. The molecule has 32 heavy (non-hydrogen) atoms. The van der Waals surface area contributed by atoms with E-state index in [4.69, 9.17) is 9.72 Å². The van der Waals surface area contributed by atoms with E-state index in [2.05, 4.69) is 33.5 Å². The molecule has 7 heteroatoms. The van der Waals surface area contributed by atoms with E-state index in [0.717, 1.165) is 60.8 Å². The Morgan fingerprint density at radius 3 is 2.50 bits per heavy atom. The lowest BCUT2D eigenvalue weighted by molar-refractivity contribution is 0.0955. The van der Waals surface area contributed by atoms with Gasteiger partial charge in [0.25, 0.3) is 5.91 Å². The Morgan fingerprint density at radius 1 is 1.06 bits per heavy atom. The minimum Gasteiger partial charge on any atom is -0.497 e. The van der Waals surface area contributed by atoms with Gasteiger partial charge in [-0.2, -0.15) is 11.8 Å². The Morgan fingerprint density at radius 2 is 1.78 bits per heavy atom. The van der Waals surface area contributed by atoms with Gasteiger partial charge in [-0.05, 0) is 54.8 Å². The highest BCUT2D eigenvalue weighted by atomic mass is 32.2. The summed E-state index contributed by atoms with van der Waals surface area (Å²) in [7, 11) is 1.68. The fourth-order valence-electron chi connectivity index (χ4n) is 4.01. The molecule has 0 bridgehead atoms. The van der Waals surface area contributed by atoms with Gasteiger partial charge in [0, 0.05) is 43.8 Å². The first-order valence-corrected chi connectivity index (χ1v) is 12.4. The third-order valence-electron chi connectivity index (χ3n) is 5.80. The number of pyridine rings is 1. The van der Waals surface area contributed by atoms with Crippen LogP contribution in [0.15, 0.2) is 54.6 Å². The number of thioether (sulfide) groups is 1. The number of benzene rings is 2. The molecule has 1 N–H and O–H groups in total. The third kappa shape index (κ3) is 5.10. The van der Waals surface area contributed by atoms with Crippen LogP contribution in [0.4, 0.5) is 11.5 Å². The van der Waals surface area contributed by atoms with Gasteiger partial charge in [-0.1, -0.05) is 18.2 Å². The van der Waals surface area contributed by atoms with E-state index in [1.807, 2.05) is 42.5 Å². The molecule has 0 aliphatic carbocycles. The van der Waals surface area contributed by atoms with E-state index in [9.17, 15) is 4.79 Å². The highest BCUT2D eigenvalue weighted by Gasteiger charge is 2.21. The predicted molar refractivity (Wildman–Crippen MR) is 134 cm³/mol. The number of carbonyl (C=O) groups is 1. The molecule has 4 rings (SSSR count). The topological polar surface area (TPSA) is 57.7 Å². The van der Waals surface area contributed by atoms with Crippen LogP contribution in [0.2, 0.25) is 0 Å². The zero-order valence-corrected chi connectivity index (χ0v) is 19.5. The van der Waals surface area contributed by atoms with Crippen molar-refractivity contribution in [2.24, 2.45) is 0 Å². The monoisotopic (exact) mass is 450 g/mol. The molecule has 6 nitrogen and oxygen atoms in total. The lowest BCUT2D eigenvalue weighted by Gasteiger charge is -2.37. The molecule has 3 aromatic rings. The second kappa shape index (κ2) is 10.6. The smallest absolute Gasteiger partial charge is 0.252 e. The number of methoxy groups -OCH3 is 1. The number of nitrogens with one attached hydrogen (secondary N) is 1. The Hall–Kier alpha value is -2.93. The number of ether oxygens (including phenoxy) is 1. The summed E-state index contributed by atoms with van der Waals surface area (Å²) in [6.45, 7) is 4.19. The average molecular weight is 451 g/mol. The van der Waals surface area contributed by atoms with Gasteiger partial charge < -0.3 is 19.9 Å². The van der Waals surface area contributed by atoms with Crippen LogP contribution < -0.4 is 19.9 Å². The number of aromatic nitrogens is 1. The van der Waals surface area contributed by atoms with Crippen molar-refractivity contribution in [3.8, 4) is 5.75 Å². The summed E-state index contributed by atoms with van der Waals surface area (Å²) in [6.07, 6.45) is 3.05. The molecule has 168 valence electrons. The maximum absolute atomic E-state index is 13.0. The number of amides is 1. The van der Waals surface area contributed by atoms with E-state index < -0.39 is 0 Å². The average Bonchev–Trinajstić information content (AvgIpc) is 2.86. The summed E-state index contributed by atoms with van der Waals surface area (Å²) in [4.78, 5) is 22.5. The van der Waals surface area contributed by atoms with Crippen LogP contribution in [-0.2, 0) is 0 Å². The molecule has 0 saturated carbocycles. The number of rotatable bonds is 8. The van der Waals surface area contributed by atoms with E-state index in [1.54, 1.807) is 18.9 Å². The fourth-order valence-corrected chi connectivity index (χ4v) is 4.44. The number of nitrogens with zero attached hydrogens (tertiary/aromatic N) is 3. The number of anilines is 2. The van der Waals surface area contributed by atoms with E-state index >= 15 is 0 Å². The van der Waals surface area contributed by atoms with Crippen LogP contribution in [0.3, 0.4) is 0 Å². The second-order valence-corrected chi connectivity index (χ2v) is 8.81. The summed E-state index contributed by atoms with van der Waals surface area (Å²) in [5.41, 5.74) is 2.76. The minimum absolute atomic E-state index is 0.0252. The van der Waals surface area contributed by atoms with Crippen LogP contribution >= 0.6 is 11.8 Å². The number of para-hydroxylation sites is 1. The van der Waals surface area contributed by atoms with Gasteiger partial charge in [-0.3, -0.25) is 4.79 Å². The summed E-state index contributed by atoms with van der Waals surface area (Å²) < 4.78 is 5.26. The zero-order valence-electron chi connectivity index (χ0n) is 18.7. The lowest BCUT2D eigenvalue weighted by Crippen LogP contribution is -2.47. The normalized spacial score (nSPS) is 13.9. The van der Waals surface area contributed by atoms with Crippen molar-refractivity contribution in [3.05, 3.63) is 60.2 Å². The van der Waals surface area contributed by atoms with Crippen molar-refractivity contribution in [2.45, 2.75) is 6.42 Å². The van der Waals surface area contributed by atoms with Gasteiger partial charge in [0.05, 0.1) is 18.2 Å². The number of fused-ring (bicyclic) bond motifs is 1. The molecule has 2 heterocycles. The van der Waals surface area contributed by atoms with Gasteiger partial charge in [-0.25, -0.2) is 4.98 Å². The van der Waals surface area contributed by atoms with Crippen molar-refractivity contribution in [2.75, 3.05) is 61.6 Å². The molecule has 0 atom stereocenters. The van der Waals surface area contributed by atoms with E-state index in [0.29, 0.717) is 12.1 Å². The predicted octanol–water partition coefficient (Wildman–Crippen LogP) is 4.05. The number of piperazine rings is 1. The first kappa shape index (κ1) is 22.3. The second-order valence-electron chi connectivity index (χ2n) is 7.82. The fraction of sp³-hybridized carbons (Fsp3) is 0.360. The van der Waals surface area contributed by atoms with Gasteiger partial charge >= 0.3 is 0 Å². The van der Waals surface area contributed by atoms with Crippen molar-refractivity contribution in [1.82, 2.24) is 10.3 Å². The summed E-state index contributed by atoms with van der Waals surface area (Å²) in [5, 5.41) is 3.98. The van der Waals surface area contributed by atoms with Crippen LogP contribution in [-0.4, -0.2) is 62.7 Å². The SMILES string of the molecule is COc1ccc(N2CCN(c3cc(C(=O)NCCCSC)c4ccccc4n3)CC2)cc1. The van der Waals surface area contributed by atoms with E-state index in [1.165, 1.54) is 5.69 Å². The molecule has 1 amide bonds. The van der Waals surface area contributed by atoms with Gasteiger partial charge in [0.15, 0.2) is 0 Å². The third-order valence-corrected chi connectivity index (χ3v) is 6.50. The van der Waals surface area contributed by atoms with Crippen LogP contribution in [0.5, 0.6) is 5.75 Å². The Kier molecular flexibility index (Phi) is 7.37. The molecular formula is C25H30N4O2S. The molecular weight excluding hydrogens is 420 g/mol. The van der Waals surface area contributed by atoms with Crippen molar-refractivity contribution < 1.29 is 9.53 Å². The molecule has 1 aliphatic rings. The minimum atomic E-state index is -0.0252. The van der Waals surface area contributed by atoms with Crippen molar-refractivity contribution in [3.63, 3.8) is 0 Å². The van der Waals surface area contributed by atoms with Crippen molar-refractivity contribution in [1.29, 1.82) is 0 Å². The molecule has 1 fully saturated rings. The maximum Gasteiger partial charge on any atom is 0.252 e. The standard InChI is InChI=1S/C25H30N4O2S/c1-31-20-10-8-19(9-11-20)28-13-15-29(16-14-28)24-18-22(25(30)26-12-5-17-32-2)21-6-3-4-7-23(21)27-24/h3-4,6-11,18H,5,12-17H2,1-2H3,(H,26,30). The van der Waals surface area contributed by atoms with Gasteiger partial charge in [0.2, 0.25) is 0 Å². The molecule has 0 unspecified atom stereocenters. The first-order valence-electron chi connectivity index (χ1n) is 11.0. The molecule has 1 aromatic heterocycles. The van der Waals surface area contributed by atoms with Crippen LogP contribution in [0, 0.1) is 0 Å². The summed E-state index contributed by atoms with van der Waals surface area (Å²) in [6, 6.07) is 18.0. The molecule has 1 saturated heterocycles. The molecule has 0 radical (unpaired) electrons. The Bertz CT molecular complexity index is 1050. The number of hydrogen-bond acceptors (Lipinski definition) is 6. The van der Waals surface area contributed by atoms with Crippen LogP contribution in [0.25, 0.3) is 10.9 Å². The molecule has 1 aliphatic heterocycles. The lowest BCUT2D eigenvalue weighted by atomic mass is 10.1. The van der Waals surface area contributed by atoms with Crippen LogP contribution in [0.1, 0.15) is 16.8 Å². The van der Waals surface area contributed by atoms with Gasteiger partial charge in [-0.15, -0.1) is 0 Å². The highest BCUT2D eigenvalue weighted by Crippen LogP contribution is 2.26. The highest BCUT2D eigenvalue weighted by molar-refractivity contribution is 7.98. The zero-order chi connectivity index (χ0) is 22.3.